The minimum atomic E-state index is -4.28. The summed E-state index contributed by atoms with van der Waals surface area (Å²) < 4.78 is 31.2. The van der Waals surface area contributed by atoms with E-state index >= 15 is 0 Å². The summed E-state index contributed by atoms with van der Waals surface area (Å²) in [6.07, 6.45) is -2.34. The summed E-state index contributed by atoms with van der Waals surface area (Å²) in [4.78, 5) is 27.9. The number of piperazine rings is 1. The smallest absolute Gasteiger partial charge is 0.411 e. The molecule has 1 N–H and O–H groups in total. The first-order chi connectivity index (χ1) is 13.7. The fourth-order valence-electron chi connectivity index (χ4n) is 2.85. The van der Waals surface area contributed by atoms with Crippen LogP contribution in [0.4, 0.5) is 10.5 Å². The Labute approximate surface area is 181 Å². The Morgan fingerprint density at radius 3 is 2.41 bits per heavy atom. The molecular formula is C18H17BrClN3O5S. The maximum absolute atomic E-state index is 13.0. The molecule has 1 saturated heterocycles. The maximum Gasteiger partial charge on any atom is 0.411 e. The quantitative estimate of drug-likeness (QED) is 0.634. The van der Waals surface area contributed by atoms with Crippen molar-refractivity contribution in [2.45, 2.75) is 12.8 Å². The lowest BCUT2D eigenvalue weighted by atomic mass is 10.2. The standard InChI is InChI=1S/C18H17BrClN3O5S/c19-14-6-8-15(9-7-14)22-10-11-23(16(17(22)24)21-29(20,26)27)18(25)28-12-13-4-2-1-3-5-13/h1-9,16,21H,10-12H2. The Morgan fingerprint density at radius 1 is 1.14 bits per heavy atom. The van der Waals surface area contributed by atoms with Crippen molar-refractivity contribution in [3.05, 3.63) is 64.6 Å². The van der Waals surface area contributed by atoms with Gasteiger partial charge in [0.25, 0.3) is 15.1 Å². The van der Waals surface area contributed by atoms with E-state index in [1.54, 1.807) is 48.5 Å². The number of benzene rings is 2. The van der Waals surface area contributed by atoms with Crippen molar-refractivity contribution in [1.29, 1.82) is 0 Å². The Balaban J connectivity index is 1.78. The molecule has 1 atom stereocenters. The van der Waals surface area contributed by atoms with Crippen molar-refractivity contribution in [2.24, 2.45) is 0 Å². The van der Waals surface area contributed by atoms with Crippen LogP contribution in [0.2, 0.25) is 0 Å². The first kappa shape index (κ1) is 21.6. The highest BCUT2D eigenvalue weighted by atomic mass is 79.9. The average molecular weight is 503 g/mol. The molecule has 0 saturated carbocycles. The van der Waals surface area contributed by atoms with Crippen molar-refractivity contribution >= 4 is 53.5 Å². The van der Waals surface area contributed by atoms with Gasteiger partial charge in [-0.05, 0) is 29.8 Å². The summed E-state index contributed by atoms with van der Waals surface area (Å²) in [5.74, 6) is -0.639. The second-order valence-corrected chi connectivity index (χ2v) is 9.40. The van der Waals surface area contributed by atoms with Crippen LogP contribution >= 0.6 is 26.6 Å². The number of nitrogens with one attached hydrogen (secondary N) is 1. The van der Waals surface area contributed by atoms with Gasteiger partial charge in [-0.2, -0.15) is 13.1 Å². The number of anilines is 1. The van der Waals surface area contributed by atoms with Crippen LogP contribution in [0.25, 0.3) is 0 Å². The Kier molecular flexibility index (Phi) is 6.78. The van der Waals surface area contributed by atoms with E-state index in [1.165, 1.54) is 4.90 Å². The summed E-state index contributed by atoms with van der Waals surface area (Å²) in [7, 11) is 1.01. The Hall–Kier alpha value is -2.14. The van der Waals surface area contributed by atoms with Crippen molar-refractivity contribution in [1.82, 2.24) is 9.62 Å². The van der Waals surface area contributed by atoms with E-state index < -0.39 is 27.4 Å². The molecule has 1 heterocycles. The van der Waals surface area contributed by atoms with Crippen LogP contribution in [0.1, 0.15) is 5.56 Å². The number of hydrogen-bond donors (Lipinski definition) is 1. The maximum atomic E-state index is 13.0. The van der Waals surface area contributed by atoms with Gasteiger partial charge in [0.2, 0.25) is 0 Å². The summed E-state index contributed by atoms with van der Waals surface area (Å²) >= 11 is 3.32. The fraction of sp³-hybridized carbons (Fsp3) is 0.222. The lowest BCUT2D eigenvalue weighted by Crippen LogP contribution is -2.64. The van der Waals surface area contributed by atoms with Gasteiger partial charge >= 0.3 is 6.09 Å². The molecule has 2 aromatic rings. The molecule has 0 aromatic heterocycles. The normalized spacial score (nSPS) is 17.3. The van der Waals surface area contributed by atoms with E-state index in [1.807, 2.05) is 10.8 Å². The summed E-state index contributed by atoms with van der Waals surface area (Å²) in [6, 6.07) is 15.9. The third-order valence-corrected chi connectivity index (χ3v) is 5.51. The zero-order chi connectivity index (χ0) is 21.0. The first-order valence-electron chi connectivity index (χ1n) is 8.51. The molecule has 1 aliphatic heterocycles. The van der Waals surface area contributed by atoms with Gasteiger partial charge in [-0.15, -0.1) is 0 Å². The molecule has 1 aliphatic rings. The number of nitrogens with zero attached hydrogens (tertiary/aromatic N) is 2. The van der Waals surface area contributed by atoms with Gasteiger partial charge in [0.1, 0.15) is 6.61 Å². The Bertz CT molecular complexity index is 988. The summed E-state index contributed by atoms with van der Waals surface area (Å²) in [6.45, 7) is 0.210. The Morgan fingerprint density at radius 2 is 1.79 bits per heavy atom. The number of carbonyl (C=O) groups excluding carboxylic acids is 2. The molecule has 1 fully saturated rings. The molecule has 2 amide bonds. The van der Waals surface area contributed by atoms with Gasteiger partial charge in [0.15, 0.2) is 6.17 Å². The van der Waals surface area contributed by atoms with Crippen molar-refractivity contribution in [3.63, 3.8) is 0 Å². The highest BCUT2D eigenvalue weighted by molar-refractivity contribution is 9.10. The van der Waals surface area contributed by atoms with Crippen LogP contribution in [-0.2, 0) is 25.4 Å². The molecule has 1 unspecified atom stereocenters. The zero-order valence-corrected chi connectivity index (χ0v) is 18.2. The third-order valence-electron chi connectivity index (χ3n) is 4.21. The molecule has 29 heavy (non-hydrogen) atoms. The minimum absolute atomic E-state index is 0.0128. The SMILES string of the molecule is O=C1C(NS(=O)(=O)Cl)N(C(=O)OCc2ccccc2)CCN1c1ccc(Br)cc1. The highest BCUT2D eigenvalue weighted by Gasteiger charge is 2.41. The predicted octanol–water partition coefficient (Wildman–Crippen LogP) is 2.83. The number of carbonyl (C=O) groups is 2. The van der Waals surface area contributed by atoms with E-state index in [9.17, 15) is 18.0 Å². The molecule has 3 rings (SSSR count). The molecule has 0 aliphatic carbocycles. The lowest BCUT2D eigenvalue weighted by Gasteiger charge is -2.39. The molecule has 8 nitrogen and oxygen atoms in total. The predicted molar refractivity (Wildman–Crippen MR) is 112 cm³/mol. The van der Waals surface area contributed by atoms with Gasteiger partial charge in [0, 0.05) is 33.9 Å². The first-order valence-corrected chi connectivity index (χ1v) is 11.6. The van der Waals surface area contributed by atoms with Crippen LogP contribution in [-0.4, -0.2) is 44.6 Å². The fourth-order valence-corrected chi connectivity index (χ4v) is 3.86. The highest BCUT2D eigenvalue weighted by Crippen LogP contribution is 2.23. The monoisotopic (exact) mass is 501 g/mol. The van der Waals surface area contributed by atoms with E-state index in [-0.39, 0.29) is 19.7 Å². The number of amides is 2. The second kappa shape index (κ2) is 9.12. The molecule has 154 valence electrons. The summed E-state index contributed by atoms with van der Waals surface area (Å²) in [5.41, 5.74) is 1.32. The average Bonchev–Trinajstić information content (AvgIpc) is 2.68. The van der Waals surface area contributed by atoms with Crippen LogP contribution in [0, 0.1) is 0 Å². The molecule has 0 bridgehead atoms. The topological polar surface area (TPSA) is 96.0 Å². The van der Waals surface area contributed by atoms with Gasteiger partial charge in [-0.3, -0.25) is 9.69 Å². The van der Waals surface area contributed by atoms with E-state index in [0.717, 1.165) is 14.9 Å². The van der Waals surface area contributed by atoms with E-state index in [2.05, 4.69) is 15.9 Å². The van der Waals surface area contributed by atoms with Crippen molar-refractivity contribution < 1.29 is 22.7 Å². The van der Waals surface area contributed by atoms with Crippen molar-refractivity contribution in [2.75, 3.05) is 18.0 Å². The summed E-state index contributed by atoms with van der Waals surface area (Å²) in [5, 5.41) is 0. The lowest BCUT2D eigenvalue weighted by molar-refractivity contribution is -0.125. The number of halogens is 2. The number of rotatable bonds is 5. The van der Waals surface area contributed by atoms with Crippen molar-refractivity contribution in [3.8, 4) is 0 Å². The molecule has 0 radical (unpaired) electrons. The third kappa shape index (κ3) is 5.69. The number of hydrogen-bond acceptors (Lipinski definition) is 5. The molecule has 2 aromatic carbocycles. The molecule has 11 heteroatoms. The van der Waals surface area contributed by atoms with Crippen LogP contribution < -0.4 is 9.62 Å². The van der Waals surface area contributed by atoms with Gasteiger partial charge in [-0.1, -0.05) is 46.3 Å². The van der Waals surface area contributed by atoms with Crippen LogP contribution in [0.15, 0.2) is 59.1 Å². The zero-order valence-electron chi connectivity index (χ0n) is 15.0. The largest absolute Gasteiger partial charge is 0.444 e. The van der Waals surface area contributed by atoms with Crippen LogP contribution in [0.5, 0.6) is 0 Å². The minimum Gasteiger partial charge on any atom is -0.444 e. The second-order valence-electron chi connectivity index (χ2n) is 6.16. The number of ether oxygens (including phenoxy) is 1. The van der Waals surface area contributed by atoms with Crippen LogP contribution in [0.3, 0.4) is 0 Å². The van der Waals surface area contributed by atoms with Gasteiger partial charge < -0.3 is 9.64 Å². The van der Waals surface area contributed by atoms with Gasteiger partial charge in [-0.25, -0.2) is 4.79 Å². The molecule has 0 spiro atoms. The van der Waals surface area contributed by atoms with Gasteiger partial charge in [0.05, 0.1) is 0 Å². The van der Waals surface area contributed by atoms with E-state index in [0.29, 0.717) is 5.69 Å². The van der Waals surface area contributed by atoms with E-state index in [4.69, 9.17) is 15.4 Å². The molecular weight excluding hydrogens is 486 g/mol.